The highest BCUT2D eigenvalue weighted by molar-refractivity contribution is 5.86. The monoisotopic (exact) mass is 446 g/mol. The zero-order valence-electron chi connectivity index (χ0n) is 17.4. The van der Waals surface area contributed by atoms with Crippen LogP contribution >= 0.6 is 0 Å². The molecule has 8 nitrogen and oxygen atoms in total. The van der Waals surface area contributed by atoms with Gasteiger partial charge in [-0.15, -0.1) is 0 Å². The summed E-state index contributed by atoms with van der Waals surface area (Å²) >= 11 is 0. The summed E-state index contributed by atoms with van der Waals surface area (Å²) in [6, 6.07) is 10.2. The number of hydrogen-bond acceptors (Lipinski definition) is 6. The van der Waals surface area contributed by atoms with Crippen molar-refractivity contribution in [2.45, 2.75) is 26.6 Å². The molecule has 0 saturated heterocycles. The average molecular weight is 446 g/mol. The first-order valence-electron chi connectivity index (χ1n) is 9.67. The van der Waals surface area contributed by atoms with Crippen LogP contribution in [0, 0.1) is 5.92 Å². The van der Waals surface area contributed by atoms with Crippen molar-refractivity contribution in [3.8, 4) is 0 Å². The van der Waals surface area contributed by atoms with Crippen molar-refractivity contribution in [3.63, 3.8) is 0 Å². The Morgan fingerprint density at radius 3 is 2.59 bits per heavy atom. The second kappa shape index (κ2) is 9.58. The first-order chi connectivity index (χ1) is 15.2. The van der Waals surface area contributed by atoms with E-state index in [0.29, 0.717) is 5.92 Å². The fourth-order valence-electron chi connectivity index (χ4n) is 3.13. The molecule has 11 heteroatoms. The average Bonchev–Trinajstić information content (AvgIpc) is 3.22. The van der Waals surface area contributed by atoms with Gasteiger partial charge >= 0.3 is 12.1 Å². The van der Waals surface area contributed by atoms with Gasteiger partial charge in [0.25, 0.3) is 0 Å². The Bertz CT molecular complexity index is 1200. The molecule has 0 aliphatic rings. The second-order valence-corrected chi connectivity index (χ2v) is 7.35. The number of pyridine rings is 2. The lowest BCUT2D eigenvalue weighted by atomic mass is 10.2. The molecule has 0 fully saturated rings. The van der Waals surface area contributed by atoms with Crippen LogP contribution < -0.4 is 4.90 Å². The molecule has 0 amide bonds. The van der Waals surface area contributed by atoms with Gasteiger partial charge in [0.2, 0.25) is 0 Å². The minimum absolute atomic E-state index is 0.503. The smallest absolute Gasteiger partial charge is 0.475 e. The van der Waals surface area contributed by atoms with Crippen molar-refractivity contribution in [1.29, 1.82) is 0 Å². The van der Waals surface area contributed by atoms with Crippen molar-refractivity contribution in [2.75, 3.05) is 11.4 Å². The van der Waals surface area contributed by atoms with Crippen molar-refractivity contribution in [1.82, 2.24) is 24.3 Å². The van der Waals surface area contributed by atoms with E-state index in [0.717, 1.165) is 35.5 Å². The molecule has 32 heavy (non-hydrogen) atoms. The number of carboxylic acid groups (broad SMARTS) is 1. The molecule has 0 aliphatic carbocycles. The van der Waals surface area contributed by atoms with Gasteiger partial charge in [-0.3, -0.25) is 0 Å². The number of nitrogens with zero attached hydrogens (tertiary/aromatic N) is 6. The number of aromatic nitrogens is 5. The van der Waals surface area contributed by atoms with Crippen LogP contribution in [-0.4, -0.2) is 48.1 Å². The lowest BCUT2D eigenvalue weighted by Gasteiger charge is -2.26. The molecule has 0 aromatic carbocycles. The van der Waals surface area contributed by atoms with Crippen molar-refractivity contribution in [2.24, 2.45) is 5.92 Å². The van der Waals surface area contributed by atoms with Gasteiger partial charge in [0, 0.05) is 18.4 Å². The summed E-state index contributed by atoms with van der Waals surface area (Å²) in [5.41, 5.74) is 2.99. The van der Waals surface area contributed by atoms with Crippen LogP contribution in [-0.2, 0) is 11.3 Å². The Labute approximate surface area is 181 Å². The summed E-state index contributed by atoms with van der Waals surface area (Å²) < 4.78 is 33.9. The van der Waals surface area contributed by atoms with Gasteiger partial charge < -0.3 is 14.4 Å². The van der Waals surface area contributed by atoms with Crippen LogP contribution in [0.25, 0.3) is 16.6 Å². The number of rotatable bonds is 5. The second-order valence-electron chi connectivity index (χ2n) is 7.35. The van der Waals surface area contributed by atoms with E-state index >= 15 is 0 Å². The van der Waals surface area contributed by atoms with Gasteiger partial charge in [-0.25, -0.2) is 24.7 Å². The molecule has 4 aromatic rings. The predicted octanol–water partition coefficient (Wildman–Crippen LogP) is 3.97. The molecule has 0 atom stereocenters. The third-order valence-corrected chi connectivity index (χ3v) is 4.40. The number of aliphatic carboxylic acids is 1. The standard InChI is InChI=1S/C19H20N6.C2HF3O2/c1-14(2)10-24(11-16-6-3-5-15-9-20-13-25(15)16)19-17-7-4-8-21-18(17)22-12-23-19;3-2(4,5)1(6)7/h3-9,12-14H,10-11H2,1-2H3;(H,6,7). The van der Waals surface area contributed by atoms with E-state index in [-0.39, 0.29) is 0 Å². The van der Waals surface area contributed by atoms with E-state index < -0.39 is 12.1 Å². The summed E-state index contributed by atoms with van der Waals surface area (Å²) in [4.78, 5) is 28.7. The fraction of sp³-hybridized carbons (Fsp3) is 0.286. The number of hydrogen-bond donors (Lipinski definition) is 1. The molecule has 4 aromatic heterocycles. The minimum atomic E-state index is -5.08. The third kappa shape index (κ3) is 5.48. The molecule has 0 spiro atoms. The number of carboxylic acids is 1. The minimum Gasteiger partial charge on any atom is -0.475 e. The van der Waals surface area contributed by atoms with Crippen LogP contribution in [0.15, 0.2) is 55.4 Å². The fourth-order valence-corrected chi connectivity index (χ4v) is 3.13. The van der Waals surface area contributed by atoms with Gasteiger partial charge in [0.05, 0.1) is 30.0 Å². The maximum Gasteiger partial charge on any atom is 0.490 e. The zero-order valence-corrected chi connectivity index (χ0v) is 17.4. The molecule has 4 heterocycles. The van der Waals surface area contributed by atoms with Gasteiger partial charge in [-0.05, 0) is 30.2 Å². The number of imidazole rings is 1. The summed E-state index contributed by atoms with van der Waals surface area (Å²) in [5.74, 6) is -1.33. The highest BCUT2D eigenvalue weighted by atomic mass is 19.4. The molecular formula is C21H21F3N6O2. The van der Waals surface area contributed by atoms with E-state index in [9.17, 15) is 13.2 Å². The number of carbonyl (C=O) groups is 1. The van der Waals surface area contributed by atoms with Crippen LogP contribution in [0.2, 0.25) is 0 Å². The summed E-state index contributed by atoms with van der Waals surface area (Å²) in [6.07, 6.45) is 2.01. The van der Waals surface area contributed by atoms with Crippen LogP contribution in [0.3, 0.4) is 0 Å². The first-order valence-corrected chi connectivity index (χ1v) is 9.67. The number of anilines is 1. The number of alkyl halides is 3. The molecule has 1 N–H and O–H groups in total. The normalized spacial score (nSPS) is 11.4. The van der Waals surface area contributed by atoms with E-state index in [4.69, 9.17) is 9.90 Å². The topological polar surface area (TPSA) is 96.5 Å². The Morgan fingerprint density at radius 1 is 1.16 bits per heavy atom. The number of halogens is 3. The Kier molecular flexibility index (Phi) is 6.86. The molecule has 168 valence electrons. The van der Waals surface area contributed by atoms with Crippen molar-refractivity contribution < 1.29 is 23.1 Å². The molecule has 0 bridgehead atoms. The van der Waals surface area contributed by atoms with E-state index in [1.165, 1.54) is 5.69 Å². The van der Waals surface area contributed by atoms with Crippen molar-refractivity contribution >= 4 is 28.3 Å². The first kappa shape index (κ1) is 22.9. The van der Waals surface area contributed by atoms with E-state index in [1.54, 1.807) is 12.5 Å². The maximum absolute atomic E-state index is 10.6. The summed E-state index contributed by atoms with van der Waals surface area (Å²) in [6.45, 7) is 6.07. The number of fused-ring (bicyclic) bond motifs is 2. The maximum atomic E-state index is 10.6. The van der Waals surface area contributed by atoms with Crippen molar-refractivity contribution in [3.05, 3.63) is 61.1 Å². The Morgan fingerprint density at radius 2 is 1.91 bits per heavy atom. The van der Waals surface area contributed by atoms with Crippen LogP contribution in [0.1, 0.15) is 19.5 Å². The highest BCUT2D eigenvalue weighted by Crippen LogP contribution is 2.24. The third-order valence-electron chi connectivity index (χ3n) is 4.40. The quantitative estimate of drug-likeness (QED) is 0.496. The van der Waals surface area contributed by atoms with Crippen LogP contribution in [0.4, 0.5) is 19.0 Å². The summed E-state index contributed by atoms with van der Waals surface area (Å²) in [7, 11) is 0. The largest absolute Gasteiger partial charge is 0.490 e. The van der Waals surface area contributed by atoms with Gasteiger partial charge in [0.1, 0.15) is 12.1 Å². The molecule has 0 unspecified atom stereocenters. The van der Waals surface area contributed by atoms with Gasteiger partial charge in [-0.2, -0.15) is 13.2 Å². The highest BCUT2D eigenvalue weighted by Gasteiger charge is 2.38. The Hall–Kier alpha value is -3.76. The molecule has 4 rings (SSSR count). The molecule has 0 saturated carbocycles. The Balaban J connectivity index is 0.000000360. The predicted molar refractivity (Wildman–Crippen MR) is 112 cm³/mol. The van der Waals surface area contributed by atoms with Crippen LogP contribution in [0.5, 0.6) is 0 Å². The lowest BCUT2D eigenvalue weighted by molar-refractivity contribution is -0.192. The summed E-state index contributed by atoms with van der Waals surface area (Å²) in [5, 5.41) is 8.10. The lowest BCUT2D eigenvalue weighted by Crippen LogP contribution is -2.29. The van der Waals surface area contributed by atoms with Gasteiger partial charge in [-0.1, -0.05) is 19.9 Å². The zero-order chi connectivity index (χ0) is 23.3. The molecule has 0 aliphatic heterocycles. The van der Waals surface area contributed by atoms with E-state index in [2.05, 4.69) is 61.3 Å². The van der Waals surface area contributed by atoms with E-state index in [1.807, 2.05) is 24.7 Å². The molecule has 0 radical (unpaired) electrons. The SMILES string of the molecule is CC(C)CN(Cc1cccc2cncn12)c1ncnc2ncccc12.O=C(O)C(F)(F)F. The van der Waals surface area contributed by atoms with Gasteiger partial charge in [0.15, 0.2) is 5.65 Å². The molecular weight excluding hydrogens is 425 g/mol.